The molecule has 116 valence electrons. The van der Waals surface area contributed by atoms with Crippen molar-refractivity contribution in [3.63, 3.8) is 0 Å². The van der Waals surface area contributed by atoms with Gasteiger partial charge in [-0.3, -0.25) is 0 Å². The van der Waals surface area contributed by atoms with Crippen LogP contribution < -0.4 is 10.1 Å². The molecule has 0 amide bonds. The Kier molecular flexibility index (Phi) is 4.58. The zero-order valence-corrected chi connectivity index (χ0v) is 13.0. The molecule has 1 aliphatic carbocycles. The molecule has 1 aromatic rings. The van der Waals surface area contributed by atoms with Gasteiger partial charge in [-0.1, -0.05) is 13.8 Å². The Labute approximate surface area is 126 Å². The van der Waals surface area contributed by atoms with E-state index in [0.29, 0.717) is 30.4 Å². The highest BCUT2D eigenvalue weighted by atomic mass is 16.5. The smallest absolute Gasteiger partial charge is 0.218 e. The summed E-state index contributed by atoms with van der Waals surface area (Å²) in [5, 5.41) is 3.38. The van der Waals surface area contributed by atoms with Crippen LogP contribution in [0.2, 0.25) is 0 Å². The highest BCUT2D eigenvalue weighted by Crippen LogP contribution is 2.39. The van der Waals surface area contributed by atoms with Crippen LogP contribution >= 0.6 is 0 Å². The predicted octanol–water partition coefficient (Wildman–Crippen LogP) is 2.98. The average molecular weight is 291 g/mol. The van der Waals surface area contributed by atoms with Crippen molar-refractivity contribution in [2.75, 3.05) is 25.1 Å². The minimum absolute atomic E-state index is 0.310. The topological polar surface area (TPSA) is 56.3 Å². The highest BCUT2D eigenvalue weighted by molar-refractivity contribution is 5.39. The zero-order valence-electron chi connectivity index (χ0n) is 13.0. The fourth-order valence-corrected chi connectivity index (χ4v) is 2.41. The maximum Gasteiger partial charge on any atom is 0.218 e. The summed E-state index contributed by atoms with van der Waals surface area (Å²) in [5.74, 6) is 3.49. The number of aromatic nitrogens is 2. The Morgan fingerprint density at radius 1 is 1.33 bits per heavy atom. The number of rotatable bonds is 7. The first-order chi connectivity index (χ1) is 10.2. The maximum atomic E-state index is 5.78. The molecular formula is C16H25N3O2. The predicted molar refractivity (Wildman–Crippen MR) is 81.8 cm³/mol. The summed E-state index contributed by atoms with van der Waals surface area (Å²) in [7, 11) is 0. The Morgan fingerprint density at radius 2 is 2.19 bits per heavy atom. The molecule has 2 aliphatic rings. The second-order valence-electron chi connectivity index (χ2n) is 6.44. The van der Waals surface area contributed by atoms with Gasteiger partial charge in [-0.05, 0) is 31.6 Å². The molecule has 1 aromatic heterocycles. The van der Waals surface area contributed by atoms with Crippen LogP contribution in [0.4, 0.5) is 5.82 Å². The van der Waals surface area contributed by atoms with E-state index >= 15 is 0 Å². The number of hydrogen-bond donors (Lipinski definition) is 1. The number of nitrogens with zero attached hydrogens (tertiary/aromatic N) is 2. The van der Waals surface area contributed by atoms with Crippen molar-refractivity contribution in [2.45, 2.75) is 51.6 Å². The number of nitrogens with one attached hydrogen (secondary N) is 1. The van der Waals surface area contributed by atoms with Gasteiger partial charge in [-0.15, -0.1) is 0 Å². The van der Waals surface area contributed by atoms with Crippen molar-refractivity contribution in [2.24, 2.45) is 5.92 Å². The van der Waals surface area contributed by atoms with E-state index in [1.54, 1.807) is 0 Å². The fourth-order valence-electron chi connectivity index (χ4n) is 2.41. The quantitative estimate of drug-likeness (QED) is 0.837. The van der Waals surface area contributed by atoms with E-state index in [1.165, 1.54) is 12.8 Å². The normalized spacial score (nSPS) is 21.8. The number of hydrogen-bond acceptors (Lipinski definition) is 5. The Bertz CT molecular complexity index is 469. The van der Waals surface area contributed by atoms with E-state index in [4.69, 9.17) is 9.47 Å². The van der Waals surface area contributed by atoms with E-state index in [1.807, 2.05) is 6.07 Å². The summed E-state index contributed by atoms with van der Waals surface area (Å²) < 4.78 is 11.4. The van der Waals surface area contributed by atoms with Crippen LogP contribution in [0.5, 0.6) is 5.88 Å². The summed E-state index contributed by atoms with van der Waals surface area (Å²) >= 11 is 0. The molecule has 1 aliphatic heterocycles. The average Bonchev–Trinajstić information content (AvgIpc) is 3.20. The molecule has 2 heterocycles. The van der Waals surface area contributed by atoms with Gasteiger partial charge in [0.1, 0.15) is 11.6 Å². The van der Waals surface area contributed by atoms with Crippen LogP contribution in [0.1, 0.15) is 51.3 Å². The van der Waals surface area contributed by atoms with E-state index in [9.17, 15) is 0 Å². The first-order valence-electron chi connectivity index (χ1n) is 8.08. The van der Waals surface area contributed by atoms with E-state index in [0.717, 1.165) is 37.6 Å². The lowest BCUT2D eigenvalue weighted by Gasteiger charge is -2.14. The van der Waals surface area contributed by atoms with Crippen LogP contribution in [0, 0.1) is 5.92 Å². The van der Waals surface area contributed by atoms with Gasteiger partial charge in [0.15, 0.2) is 0 Å². The van der Waals surface area contributed by atoms with Crippen LogP contribution in [0.3, 0.4) is 0 Å². The van der Waals surface area contributed by atoms with E-state index in [-0.39, 0.29) is 0 Å². The van der Waals surface area contributed by atoms with Crippen molar-refractivity contribution < 1.29 is 9.47 Å². The van der Waals surface area contributed by atoms with E-state index < -0.39 is 0 Å². The van der Waals surface area contributed by atoms with Crippen molar-refractivity contribution in [1.29, 1.82) is 0 Å². The molecule has 1 unspecified atom stereocenters. The first kappa shape index (κ1) is 14.6. The summed E-state index contributed by atoms with van der Waals surface area (Å²) in [6, 6.07) is 1.91. The second kappa shape index (κ2) is 6.60. The molecule has 0 spiro atoms. The fraction of sp³-hybridized carbons (Fsp3) is 0.750. The van der Waals surface area contributed by atoms with Gasteiger partial charge < -0.3 is 14.8 Å². The minimum atomic E-state index is 0.310. The third-order valence-electron chi connectivity index (χ3n) is 3.76. The second-order valence-corrected chi connectivity index (χ2v) is 6.44. The third kappa shape index (κ3) is 4.30. The third-order valence-corrected chi connectivity index (χ3v) is 3.76. The molecule has 1 atom stereocenters. The largest absolute Gasteiger partial charge is 0.477 e. The molecule has 1 N–H and O–H groups in total. The van der Waals surface area contributed by atoms with Gasteiger partial charge in [0.25, 0.3) is 0 Å². The van der Waals surface area contributed by atoms with Gasteiger partial charge in [0.2, 0.25) is 5.88 Å². The molecule has 1 saturated heterocycles. The van der Waals surface area contributed by atoms with Crippen LogP contribution in [0.25, 0.3) is 0 Å². The highest BCUT2D eigenvalue weighted by Gasteiger charge is 2.27. The Morgan fingerprint density at radius 3 is 2.86 bits per heavy atom. The Hall–Kier alpha value is -1.36. The van der Waals surface area contributed by atoms with Gasteiger partial charge in [0.05, 0.1) is 12.7 Å². The summed E-state index contributed by atoms with van der Waals surface area (Å²) in [6.45, 7) is 6.66. The zero-order chi connectivity index (χ0) is 14.7. The molecular weight excluding hydrogens is 266 g/mol. The molecule has 2 fully saturated rings. The molecule has 21 heavy (non-hydrogen) atoms. The van der Waals surface area contributed by atoms with Crippen molar-refractivity contribution in [3.8, 4) is 5.88 Å². The summed E-state index contributed by atoms with van der Waals surface area (Å²) in [6.07, 6.45) is 4.98. The SMILES string of the molecule is CC(C)COc1cc(NCC2CCCO2)nc(C2CC2)n1. The van der Waals surface area contributed by atoms with Gasteiger partial charge in [-0.25, -0.2) is 4.98 Å². The maximum absolute atomic E-state index is 5.78. The number of anilines is 1. The molecule has 5 heteroatoms. The van der Waals surface area contributed by atoms with Crippen molar-refractivity contribution >= 4 is 5.82 Å². The van der Waals surface area contributed by atoms with Crippen LogP contribution in [-0.2, 0) is 4.74 Å². The van der Waals surface area contributed by atoms with Crippen molar-refractivity contribution in [1.82, 2.24) is 9.97 Å². The van der Waals surface area contributed by atoms with Gasteiger partial charge >= 0.3 is 0 Å². The molecule has 5 nitrogen and oxygen atoms in total. The Balaban J connectivity index is 1.65. The first-order valence-corrected chi connectivity index (χ1v) is 8.08. The lowest BCUT2D eigenvalue weighted by Crippen LogP contribution is -2.19. The van der Waals surface area contributed by atoms with Crippen LogP contribution in [0.15, 0.2) is 6.07 Å². The van der Waals surface area contributed by atoms with Gasteiger partial charge in [0, 0.05) is 25.1 Å². The standard InChI is InChI=1S/C16H25N3O2/c1-11(2)10-21-15-8-14(17-9-13-4-3-7-20-13)18-16(19-15)12-5-6-12/h8,11-13H,3-7,9-10H2,1-2H3,(H,17,18,19). The molecule has 0 radical (unpaired) electrons. The minimum Gasteiger partial charge on any atom is -0.477 e. The lowest BCUT2D eigenvalue weighted by atomic mass is 10.2. The number of ether oxygens (including phenoxy) is 2. The van der Waals surface area contributed by atoms with Gasteiger partial charge in [-0.2, -0.15) is 4.98 Å². The molecule has 0 bridgehead atoms. The summed E-state index contributed by atoms with van der Waals surface area (Å²) in [5.41, 5.74) is 0. The molecule has 1 saturated carbocycles. The lowest BCUT2D eigenvalue weighted by molar-refractivity contribution is 0.120. The molecule has 3 rings (SSSR count). The van der Waals surface area contributed by atoms with Crippen LogP contribution in [-0.4, -0.2) is 35.8 Å². The molecule has 0 aromatic carbocycles. The van der Waals surface area contributed by atoms with Crippen molar-refractivity contribution in [3.05, 3.63) is 11.9 Å². The monoisotopic (exact) mass is 291 g/mol. The summed E-state index contributed by atoms with van der Waals surface area (Å²) in [4.78, 5) is 9.17. The van der Waals surface area contributed by atoms with E-state index in [2.05, 4.69) is 29.1 Å².